The van der Waals surface area contributed by atoms with Crippen molar-refractivity contribution in [1.29, 1.82) is 0 Å². The van der Waals surface area contributed by atoms with Gasteiger partial charge in [-0.1, -0.05) is 0 Å². The largest absolute Gasteiger partial charge is 0.496 e. The van der Waals surface area contributed by atoms with Crippen LogP contribution in [0.1, 0.15) is 19.3 Å². The van der Waals surface area contributed by atoms with Gasteiger partial charge in [0.1, 0.15) is 5.75 Å². The van der Waals surface area contributed by atoms with Gasteiger partial charge in [-0.05, 0) is 31.4 Å². The highest BCUT2D eigenvalue weighted by molar-refractivity contribution is 6.17. The summed E-state index contributed by atoms with van der Waals surface area (Å²) < 4.78 is 10.3. The maximum absolute atomic E-state index is 10.9. The van der Waals surface area contributed by atoms with Crippen molar-refractivity contribution in [1.82, 2.24) is 0 Å². The number of halogens is 1. The number of unbranched alkanes of at least 4 members (excludes halogenated alkanes) is 2. The summed E-state index contributed by atoms with van der Waals surface area (Å²) in [6.07, 6.45) is 2.71. The maximum atomic E-state index is 10.9. The van der Waals surface area contributed by atoms with Crippen LogP contribution in [-0.2, 0) is 0 Å². The van der Waals surface area contributed by atoms with Crippen molar-refractivity contribution in [2.75, 3.05) is 19.6 Å². The minimum absolute atomic E-state index is 0.0771. The van der Waals surface area contributed by atoms with Crippen molar-refractivity contribution >= 4 is 17.3 Å². The predicted octanol–water partition coefficient (Wildman–Crippen LogP) is 3.39. The summed E-state index contributed by atoms with van der Waals surface area (Å²) in [6, 6.07) is 4.55. The van der Waals surface area contributed by atoms with E-state index < -0.39 is 4.92 Å². The van der Waals surface area contributed by atoms with E-state index in [9.17, 15) is 10.1 Å². The first-order valence-electron chi connectivity index (χ1n) is 5.70. The fourth-order valence-corrected chi connectivity index (χ4v) is 1.63. The molecule has 18 heavy (non-hydrogen) atoms. The summed E-state index contributed by atoms with van der Waals surface area (Å²) in [7, 11) is 1.46. The molecule has 1 aromatic rings. The molecule has 0 aromatic heterocycles. The number of hydrogen-bond donors (Lipinski definition) is 0. The van der Waals surface area contributed by atoms with E-state index in [1.807, 2.05) is 0 Å². The molecule has 0 aliphatic rings. The highest BCUT2D eigenvalue weighted by Gasteiger charge is 2.16. The van der Waals surface area contributed by atoms with Gasteiger partial charge in [0, 0.05) is 5.88 Å². The van der Waals surface area contributed by atoms with Crippen LogP contribution in [0.15, 0.2) is 18.2 Å². The molecule has 0 aliphatic heterocycles. The van der Waals surface area contributed by atoms with Crippen LogP contribution in [0.25, 0.3) is 0 Å². The zero-order valence-electron chi connectivity index (χ0n) is 10.2. The molecular weight excluding hydrogens is 258 g/mol. The third-order valence-corrected chi connectivity index (χ3v) is 2.67. The average Bonchev–Trinajstić information content (AvgIpc) is 2.38. The summed E-state index contributed by atoms with van der Waals surface area (Å²) in [5.41, 5.74) is -0.0771. The summed E-state index contributed by atoms with van der Waals surface area (Å²) >= 11 is 5.55. The molecule has 0 bridgehead atoms. The maximum Gasteiger partial charge on any atom is 0.314 e. The summed E-state index contributed by atoms with van der Waals surface area (Å²) in [6.45, 7) is 0.448. The van der Waals surface area contributed by atoms with Crippen LogP contribution in [0.3, 0.4) is 0 Å². The molecule has 0 aliphatic carbocycles. The first-order valence-corrected chi connectivity index (χ1v) is 6.23. The van der Waals surface area contributed by atoms with E-state index in [0.717, 1.165) is 19.3 Å². The van der Waals surface area contributed by atoms with Crippen molar-refractivity contribution in [3.05, 3.63) is 28.3 Å². The SMILES string of the molecule is COc1ccc(OCCCCCCl)c([N+](=O)[O-])c1. The van der Waals surface area contributed by atoms with Gasteiger partial charge >= 0.3 is 5.69 Å². The van der Waals surface area contributed by atoms with Crippen LogP contribution in [0.2, 0.25) is 0 Å². The predicted molar refractivity (Wildman–Crippen MR) is 69.7 cm³/mol. The minimum atomic E-state index is -0.476. The second kappa shape index (κ2) is 7.76. The average molecular weight is 274 g/mol. The Morgan fingerprint density at radius 3 is 2.72 bits per heavy atom. The lowest BCUT2D eigenvalue weighted by molar-refractivity contribution is -0.385. The Morgan fingerprint density at radius 2 is 2.11 bits per heavy atom. The highest BCUT2D eigenvalue weighted by Crippen LogP contribution is 2.31. The molecule has 0 fully saturated rings. The molecule has 0 unspecified atom stereocenters. The molecule has 0 spiro atoms. The minimum Gasteiger partial charge on any atom is -0.496 e. The Kier molecular flexibility index (Phi) is 6.28. The van der Waals surface area contributed by atoms with E-state index in [0.29, 0.717) is 18.2 Å². The van der Waals surface area contributed by atoms with Crippen molar-refractivity contribution in [3.8, 4) is 11.5 Å². The van der Waals surface area contributed by atoms with Crippen molar-refractivity contribution in [2.45, 2.75) is 19.3 Å². The summed E-state index contributed by atoms with van der Waals surface area (Å²) in [4.78, 5) is 10.4. The molecule has 1 aromatic carbocycles. The monoisotopic (exact) mass is 273 g/mol. The molecule has 6 heteroatoms. The van der Waals surface area contributed by atoms with E-state index in [1.54, 1.807) is 12.1 Å². The van der Waals surface area contributed by atoms with Crippen molar-refractivity contribution in [3.63, 3.8) is 0 Å². The Morgan fingerprint density at radius 1 is 1.33 bits per heavy atom. The third-order valence-electron chi connectivity index (χ3n) is 2.40. The zero-order valence-corrected chi connectivity index (χ0v) is 11.0. The Balaban J connectivity index is 2.61. The molecule has 0 N–H and O–H groups in total. The lowest BCUT2D eigenvalue weighted by Crippen LogP contribution is -2.01. The first-order chi connectivity index (χ1) is 8.69. The molecule has 1 rings (SSSR count). The van der Waals surface area contributed by atoms with Gasteiger partial charge in [-0.25, -0.2) is 0 Å². The lowest BCUT2D eigenvalue weighted by atomic mass is 10.2. The number of alkyl halides is 1. The van der Waals surface area contributed by atoms with E-state index in [2.05, 4.69) is 0 Å². The summed E-state index contributed by atoms with van der Waals surface area (Å²) in [5.74, 6) is 1.34. The number of hydrogen-bond acceptors (Lipinski definition) is 4. The normalized spacial score (nSPS) is 10.1. The number of nitrogens with zero attached hydrogens (tertiary/aromatic N) is 1. The molecular formula is C12H16ClNO4. The molecule has 0 saturated heterocycles. The molecule has 0 radical (unpaired) electrons. The number of benzene rings is 1. The standard InChI is InChI=1S/C12H16ClNO4/c1-17-10-5-6-12(11(9-10)14(15)16)18-8-4-2-3-7-13/h5-6,9H,2-4,7-8H2,1H3. The molecule has 0 saturated carbocycles. The van der Waals surface area contributed by atoms with E-state index in [-0.39, 0.29) is 11.4 Å². The van der Waals surface area contributed by atoms with Crippen LogP contribution in [0, 0.1) is 10.1 Å². The highest BCUT2D eigenvalue weighted by atomic mass is 35.5. The third kappa shape index (κ3) is 4.41. The Hall–Kier alpha value is -1.49. The fourth-order valence-electron chi connectivity index (χ4n) is 1.44. The van der Waals surface area contributed by atoms with Gasteiger partial charge in [-0.2, -0.15) is 0 Å². The second-order valence-corrected chi connectivity index (χ2v) is 4.07. The lowest BCUT2D eigenvalue weighted by Gasteiger charge is -2.07. The van der Waals surface area contributed by atoms with Gasteiger partial charge in [0.15, 0.2) is 5.75 Å². The fraction of sp³-hybridized carbons (Fsp3) is 0.500. The second-order valence-electron chi connectivity index (χ2n) is 3.69. The quantitative estimate of drug-likeness (QED) is 0.315. The van der Waals surface area contributed by atoms with Crippen molar-refractivity contribution < 1.29 is 14.4 Å². The van der Waals surface area contributed by atoms with Crippen LogP contribution in [0.4, 0.5) is 5.69 Å². The Labute approximate surface area is 111 Å². The van der Waals surface area contributed by atoms with Gasteiger partial charge in [0.2, 0.25) is 0 Å². The Bertz CT molecular complexity index is 398. The first kappa shape index (κ1) is 14.6. The van der Waals surface area contributed by atoms with Crippen LogP contribution < -0.4 is 9.47 Å². The molecule has 0 heterocycles. The smallest absolute Gasteiger partial charge is 0.314 e. The number of ether oxygens (including phenoxy) is 2. The molecule has 100 valence electrons. The van der Waals surface area contributed by atoms with E-state index in [1.165, 1.54) is 13.2 Å². The van der Waals surface area contributed by atoms with Gasteiger partial charge in [-0.3, -0.25) is 10.1 Å². The van der Waals surface area contributed by atoms with E-state index in [4.69, 9.17) is 21.1 Å². The molecule has 5 nitrogen and oxygen atoms in total. The van der Waals surface area contributed by atoms with Crippen molar-refractivity contribution in [2.24, 2.45) is 0 Å². The zero-order chi connectivity index (χ0) is 13.4. The van der Waals surface area contributed by atoms with Gasteiger partial charge in [0.25, 0.3) is 0 Å². The van der Waals surface area contributed by atoms with Crippen LogP contribution >= 0.6 is 11.6 Å². The van der Waals surface area contributed by atoms with Gasteiger partial charge in [-0.15, -0.1) is 11.6 Å². The topological polar surface area (TPSA) is 61.6 Å². The van der Waals surface area contributed by atoms with Gasteiger partial charge < -0.3 is 9.47 Å². The number of methoxy groups -OCH3 is 1. The number of nitro benzene ring substituents is 1. The summed E-state index contributed by atoms with van der Waals surface area (Å²) in [5, 5.41) is 10.9. The molecule has 0 atom stereocenters. The number of rotatable bonds is 8. The van der Waals surface area contributed by atoms with Gasteiger partial charge in [0.05, 0.1) is 24.7 Å². The number of nitro groups is 1. The van der Waals surface area contributed by atoms with E-state index >= 15 is 0 Å². The van der Waals surface area contributed by atoms with Crippen LogP contribution in [-0.4, -0.2) is 24.5 Å². The molecule has 0 amide bonds. The van der Waals surface area contributed by atoms with Crippen LogP contribution in [0.5, 0.6) is 11.5 Å².